The number of hydrogen-bond donors (Lipinski definition) is 1. The zero-order chi connectivity index (χ0) is 20.8. The van der Waals surface area contributed by atoms with Gasteiger partial charge in [-0.2, -0.15) is 0 Å². The molecule has 1 aliphatic heterocycles. The van der Waals surface area contributed by atoms with Gasteiger partial charge in [0.15, 0.2) is 17.3 Å². The number of nitrogens with zero attached hydrogens (tertiary/aromatic N) is 1. The number of furan rings is 1. The smallest absolute Gasteiger partial charge is 0.310 e. The van der Waals surface area contributed by atoms with Crippen LogP contribution in [0.25, 0.3) is 0 Å². The molecule has 0 fully saturated rings. The second-order valence-electron chi connectivity index (χ2n) is 6.95. The van der Waals surface area contributed by atoms with Gasteiger partial charge in [0.1, 0.15) is 5.76 Å². The fourth-order valence-electron chi connectivity index (χ4n) is 3.30. The monoisotopic (exact) mass is 408 g/mol. The number of carbonyl (C=O) groups is 1. The molecule has 0 unspecified atom stereocenters. The lowest BCUT2D eigenvalue weighted by atomic mass is 10.1. The molecule has 4 rings (SSSR count). The maximum Gasteiger partial charge on any atom is 0.310 e. The molecule has 0 atom stereocenters. The Bertz CT molecular complexity index is 986. The molecular weight excluding hydrogens is 384 g/mol. The molecule has 156 valence electrons. The van der Waals surface area contributed by atoms with E-state index in [0.717, 1.165) is 23.6 Å². The van der Waals surface area contributed by atoms with Gasteiger partial charge in [0, 0.05) is 13.1 Å². The molecule has 30 heavy (non-hydrogen) atoms. The molecule has 7 nitrogen and oxygen atoms in total. The molecule has 1 amide bonds. The normalized spacial score (nSPS) is 12.3. The highest BCUT2D eigenvalue weighted by molar-refractivity contribution is 5.90. The van der Waals surface area contributed by atoms with Crippen LogP contribution in [0.4, 0.5) is 0 Å². The van der Waals surface area contributed by atoms with Gasteiger partial charge < -0.3 is 13.9 Å². The van der Waals surface area contributed by atoms with Crippen LogP contribution in [0.1, 0.15) is 34.4 Å². The van der Waals surface area contributed by atoms with Crippen LogP contribution < -0.4 is 15.0 Å². The van der Waals surface area contributed by atoms with Gasteiger partial charge >= 0.3 is 5.91 Å². The number of ether oxygens (including phenoxy) is 2. The molecule has 1 aromatic heterocycles. The zero-order valence-corrected chi connectivity index (χ0v) is 16.8. The van der Waals surface area contributed by atoms with Crippen molar-refractivity contribution in [1.29, 1.82) is 0 Å². The Morgan fingerprint density at radius 3 is 2.60 bits per heavy atom. The Balaban J connectivity index is 1.49. The van der Waals surface area contributed by atoms with E-state index in [1.807, 2.05) is 42.5 Å². The molecule has 0 saturated carbocycles. The minimum absolute atomic E-state index is 0.223. The van der Waals surface area contributed by atoms with Gasteiger partial charge in [-0.05, 0) is 42.3 Å². The van der Waals surface area contributed by atoms with Gasteiger partial charge in [0.05, 0.1) is 13.2 Å². The van der Waals surface area contributed by atoms with Gasteiger partial charge in [-0.25, -0.2) is 5.48 Å². The van der Waals surface area contributed by atoms with Crippen LogP contribution >= 0.6 is 0 Å². The van der Waals surface area contributed by atoms with E-state index < -0.39 is 5.91 Å². The second-order valence-corrected chi connectivity index (χ2v) is 6.95. The van der Waals surface area contributed by atoms with Crippen molar-refractivity contribution in [1.82, 2.24) is 10.4 Å². The summed E-state index contributed by atoms with van der Waals surface area (Å²) in [6.07, 6.45) is 0. The first kappa shape index (κ1) is 20.0. The lowest BCUT2D eigenvalue weighted by Crippen LogP contribution is -2.23. The van der Waals surface area contributed by atoms with Crippen LogP contribution in [0, 0.1) is 0 Å². The van der Waals surface area contributed by atoms with E-state index >= 15 is 0 Å². The minimum Gasteiger partial charge on any atom is -0.454 e. The SMILES string of the molecule is CCONC(=O)c1ccc(CN(Cc2ccccc2)Cc2ccc3c(c2)OCO3)o1. The van der Waals surface area contributed by atoms with E-state index in [0.29, 0.717) is 25.5 Å². The molecule has 7 heteroatoms. The van der Waals surface area contributed by atoms with E-state index in [1.54, 1.807) is 13.0 Å². The van der Waals surface area contributed by atoms with E-state index in [1.165, 1.54) is 5.56 Å². The Morgan fingerprint density at radius 1 is 0.967 bits per heavy atom. The average molecular weight is 408 g/mol. The summed E-state index contributed by atoms with van der Waals surface area (Å²) in [6, 6.07) is 19.7. The first-order valence-electron chi connectivity index (χ1n) is 9.87. The maximum absolute atomic E-state index is 12.0. The highest BCUT2D eigenvalue weighted by Crippen LogP contribution is 2.33. The van der Waals surface area contributed by atoms with Gasteiger partial charge in [0.2, 0.25) is 6.79 Å². The molecule has 0 aliphatic carbocycles. The Kier molecular flexibility index (Phi) is 6.32. The van der Waals surface area contributed by atoms with Crippen LogP contribution in [-0.2, 0) is 24.5 Å². The standard InChI is InChI=1S/C23H24N2O5/c1-2-29-24-23(26)21-11-9-19(30-21)15-25(13-17-6-4-3-5-7-17)14-18-8-10-20-22(12-18)28-16-27-20/h3-12H,2,13-16H2,1H3,(H,24,26). The number of hydrogen-bond acceptors (Lipinski definition) is 6. The van der Waals surface area contributed by atoms with Crippen molar-refractivity contribution in [3.8, 4) is 11.5 Å². The number of fused-ring (bicyclic) bond motifs is 1. The van der Waals surface area contributed by atoms with Crippen molar-refractivity contribution in [3.63, 3.8) is 0 Å². The first-order valence-corrected chi connectivity index (χ1v) is 9.87. The first-order chi connectivity index (χ1) is 14.7. The number of benzene rings is 2. The minimum atomic E-state index is -0.395. The predicted octanol–water partition coefficient (Wildman–Crippen LogP) is 3.89. The third kappa shape index (κ3) is 5.00. The van der Waals surface area contributed by atoms with E-state index in [9.17, 15) is 4.79 Å². The average Bonchev–Trinajstić information content (AvgIpc) is 3.42. The molecule has 2 heterocycles. The summed E-state index contributed by atoms with van der Waals surface area (Å²) in [4.78, 5) is 19.2. The number of rotatable bonds is 9. The molecular formula is C23H24N2O5. The van der Waals surface area contributed by atoms with Gasteiger partial charge in [-0.15, -0.1) is 0 Å². The topological polar surface area (TPSA) is 73.2 Å². The largest absolute Gasteiger partial charge is 0.454 e. The molecule has 0 radical (unpaired) electrons. The third-order valence-electron chi connectivity index (χ3n) is 4.67. The summed E-state index contributed by atoms with van der Waals surface area (Å²) in [5.41, 5.74) is 4.65. The maximum atomic E-state index is 12.0. The number of carbonyl (C=O) groups excluding carboxylic acids is 1. The lowest BCUT2D eigenvalue weighted by molar-refractivity contribution is 0.0338. The van der Waals surface area contributed by atoms with Crippen molar-refractivity contribution >= 4 is 5.91 Å². The summed E-state index contributed by atoms with van der Waals surface area (Å²) >= 11 is 0. The van der Waals surface area contributed by atoms with Crippen LogP contribution in [0.3, 0.4) is 0 Å². The van der Waals surface area contributed by atoms with Crippen molar-refractivity contribution < 1.29 is 23.5 Å². The quantitative estimate of drug-likeness (QED) is 0.542. The van der Waals surface area contributed by atoms with E-state index in [4.69, 9.17) is 18.7 Å². The van der Waals surface area contributed by atoms with Gasteiger partial charge in [0.25, 0.3) is 0 Å². The lowest BCUT2D eigenvalue weighted by Gasteiger charge is -2.21. The van der Waals surface area contributed by atoms with E-state index in [2.05, 4.69) is 22.5 Å². The van der Waals surface area contributed by atoms with Crippen LogP contribution in [-0.4, -0.2) is 24.2 Å². The molecule has 0 spiro atoms. The zero-order valence-electron chi connectivity index (χ0n) is 16.8. The fourth-order valence-corrected chi connectivity index (χ4v) is 3.30. The molecule has 2 aromatic carbocycles. The van der Waals surface area contributed by atoms with Crippen molar-refractivity contribution in [2.75, 3.05) is 13.4 Å². The van der Waals surface area contributed by atoms with Gasteiger partial charge in [-0.1, -0.05) is 36.4 Å². The predicted molar refractivity (Wildman–Crippen MR) is 110 cm³/mol. The Hall–Kier alpha value is -3.29. The van der Waals surface area contributed by atoms with E-state index in [-0.39, 0.29) is 12.6 Å². The molecule has 0 saturated heterocycles. The summed E-state index contributed by atoms with van der Waals surface area (Å²) in [5, 5.41) is 0. The molecule has 1 N–H and O–H groups in total. The number of amides is 1. The van der Waals surface area contributed by atoms with Crippen molar-refractivity contribution in [2.45, 2.75) is 26.6 Å². The summed E-state index contributed by atoms with van der Waals surface area (Å²) in [7, 11) is 0. The summed E-state index contributed by atoms with van der Waals surface area (Å²) in [5.74, 6) is 2.06. The van der Waals surface area contributed by atoms with Crippen molar-refractivity contribution in [2.24, 2.45) is 0 Å². The van der Waals surface area contributed by atoms with Crippen LogP contribution in [0.5, 0.6) is 11.5 Å². The molecule has 3 aromatic rings. The summed E-state index contributed by atoms with van der Waals surface area (Å²) in [6.45, 7) is 4.41. The Morgan fingerprint density at radius 2 is 1.77 bits per heavy atom. The van der Waals surface area contributed by atoms with Crippen LogP contribution in [0.15, 0.2) is 65.1 Å². The van der Waals surface area contributed by atoms with Crippen LogP contribution in [0.2, 0.25) is 0 Å². The van der Waals surface area contributed by atoms with Crippen molar-refractivity contribution in [3.05, 3.63) is 83.3 Å². The summed E-state index contributed by atoms with van der Waals surface area (Å²) < 4.78 is 16.7. The third-order valence-corrected chi connectivity index (χ3v) is 4.67. The molecule has 0 bridgehead atoms. The molecule has 1 aliphatic rings. The van der Waals surface area contributed by atoms with Gasteiger partial charge in [-0.3, -0.25) is 14.5 Å². The number of hydroxylamine groups is 1. The highest BCUT2D eigenvalue weighted by Gasteiger charge is 2.17. The highest BCUT2D eigenvalue weighted by atomic mass is 16.7. The Labute approximate surface area is 175 Å². The second kappa shape index (κ2) is 9.47. The number of nitrogens with one attached hydrogen (secondary N) is 1. The fraction of sp³-hybridized carbons (Fsp3) is 0.261.